The van der Waals surface area contributed by atoms with Crippen LogP contribution in [-0.4, -0.2) is 40.0 Å². The maximum atomic E-state index is 13.1. The number of hydrogen-bond donors (Lipinski definition) is 2. The fraction of sp³-hybridized carbons (Fsp3) is 0.167. The number of aromatic hydroxyl groups is 1. The number of amides is 1. The average molecular weight is 433 g/mol. The molecule has 8 heteroatoms. The smallest absolute Gasteiger partial charge is 0.296 e. The number of aliphatic hydroxyl groups is 1. The quantitative estimate of drug-likeness (QED) is 0.369. The van der Waals surface area contributed by atoms with Crippen molar-refractivity contribution in [3.05, 3.63) is 83.3 Å². The molecule has 2 aromatic carbocycles. The van der Waals surface area contributed by atoms with E-state index in [0.717, 1.165) is 0 Å². The van der Waals surface area contributed by atoms with Crippen LogP contribution in [0.1, 0.15) is 22.9 Å². The van der Waals surface area contributed by atoms with Crippen molar-refractivity contribution in [2.24, 2.45) is 0 Å². The van der Waals surface area contributed by atoms with Gasteiger partial charge < -0.3 is 29.0 Å². The van der Waals surface area contributed by atoms with Gasteiger partial charge in [-0.25, -0.2) is 0 Å². The third kappa shape index (κ3) is 3.35. The van der Waals surface area contributed by atoms with E-state index in [-0.39, 0.29) is 23.6 Å². The summed E-state index contributed by atoms with van der Waals surface area (Å²) in [6.45, 7) is 0.817. The number of Topliss-reactive ketones (excluding diaryl/α,β-unsaturated/α-hetero) is 1. The first-order valence-electron chi connectivity index (χ1n) is 10.0. The van der Waals surface area contributed by atoms with Gasteiger partial charge >= 0.3 is 0 Å². The molecule has 3 heterocycles. The van der Waals surface area contributed by atoms with E-state index < -0.39 is 17.7 Å². The summed E-state index contributed by atoms with van der Waals surface area (Å²) in [5, 5.41) is 21.2. The molecule has 0 aliphatic carbocycles. The minimum Gasteiger partial charge on any atom is -0.508 e. The van der Waals surface area contributed by atoms with Crippen molar-refractivity contribution >= 4 is 17.4 Å². The molecule has 1 fully saturated rings. The standard InChI is InChI=1S/C24H19NO7/c26-16-4-1-3-14(11-16)21-20(23(28)24(29)25(21)13-17-5-2-8-30-17)22(27)15-6-7-18-19(12-15)32-10-9-31-18/h1-8,11-12,21,26-27H,9-10,13H2/b22-20+. The molecule has 0 bridgehead atoms. The summed E-state index contributed by atoms with van der Waals surface area (Å²) in [7, 11) is 0. The van der Waals surface area contributed by atoms with Crippen LogP contribution in [0.3, 0.4) is 0 Å². The Bertz CT molecular complexity index is 1230. The lowest BCUT2D eigenvalue weighted by Gasteiger charge is -2.24. The van der Waals surface area contributed by atoms with Crippen LogP contribution in [-0.2, 0) is 16.1 Å². The van der Waals surface area contributed by atoms with E-state index in [9.17, 15) is 19.8 Å². The van der Waals surface area contributed by atoms with Crippen molar-refractivity contribution in [3.63, 3.8) is 0 Å². The van der Waals surface area contributed by atoms with E-state index >= 15 is 0 Å². The second-order valence-corrected chi connectivity index (χ2v) is 7.46. The van der Waals surface area contributed by atoms with Gasteiger partial charge in [-0.1, -0.05) is 12.1 Å². The topological polar surface area (TPSA) is 109 Å². The van der Waals surface area contributed by atoms with Crippen LogP contribution in [0.2, 0.25) is 0 Å². The molecule has 2 N–H and O–H groups in total. The zero-order valence-electron chi connectivity index (χ0n) is 16.9. The van der Waals surface area contributed by atoms with Gasteiger partial charge in [0.05, 0.1) is 24.4 Å². The van der Waals surface area contributed by atoms with E-state index in [0.29, 0.717) is 41.6 Å². The zero-order valence-corrected chi connectivity index (χ0v) is 16.9. The van der Waals surface area contributed by atoms with E-state index in [1.54, 1.807) is 42.5 Å². The van der Waals surface area contributed by atoms with Gasteiger partial charge in [0.25, 0.3) is 11.7 Å². The molecule has 0 radical (unpaired) electrons. The van der Waals surface area contributed by atoms with Crippen LogP contribution in [0, 0.1) is 0 Å². The van der Waals surface area contributed by atoms with Gasteiger partial charge in [0.1, 0.15) is 30.5 Å². The first kappa shape index (κ1) is 19.7. The molecule has 1 saturated heterocycles. The number of rotatable bonds is 4. The molecular formula is C24H19NO7. The second-order valence-electron chi connectivity index (χ2n) is 7.46. The Morgan fingerprint density at radius 2 is 1.81 bits per heavy atom. The number of furan rings is 1. The molecule has 2 aliphatic rings. The lowest BCUT2D eigenvalue weighted by Crippen LogP contribution is -2.29. The molecule has 2 aliphatic heterocycles. The lowest BCUT2D eigenvalue weighted by atomic mass is 9.95. The third-order valence-corrected chi connectivity index (χ3v) is 5.45. The number of benzene rings is 2. The Balaban J connectivity index is 1.64. The van der Waals surface area contributed by atoms with Gasteiger partial charge in [0.15, 0.2) is 11.5 Å². The van der Waals surface area contributed by atoms with Crippen molar-refractivity contribution in [2.45, 2.75) is 12.6 Å². The normalized spacial score (nSPS) is 19.4. The van der Waals surface area contributed by atoms with Crippen molar-refractivity contribution in [1.29, 1.82) is 0 Å². The number of fused-ring (bicyclic) bond motifs is 1. The van der Waals surface area contributed by atoms with Gasteiger partial charge in [-0.3, -0.25) is 9.59 Å². The number of hydrogen-bond acceptors (Lipinski definition) is 7. The van der Waals surface area contributed by atoms with Crippen molar-refractivity contribution in [1.82, 2.24) is 4.90 Å². The molecular weight excluding hydrogens is 414 g/mol. The Hall–Kier alpha value is -4.20. The summed E-state index contributed by atoms with van der Waals surface area (Å²) in [4.78, 5) is 27.3. The highest BCUT2D eigenvalue weighted by molar-refractivity contribution is 6.46. The maximum Gasteiger partial charge on any atom is 0.296 e. The molecule has 1 aromatic heterocycles. The molecule has 3 aromatic rings. The van der Waals surface area contributed by atoms with Crippen molar-refractivity contribution in [2.75, 3.05) is 13.2 Å². The Morgan fingerprint density at radius 1 is 1.00 bits per heavy atom. The summed E-state index contributed by atoms with van der Waals surface area (Å²) in [6.07, 6.45) is 1.48. The molecule has 5 rings (SSSR count). The lowest BCUT2D eigenvalue weighted by molar-refractivity contribution is -0.140. The second kappa shape index (κ2) is 7.81. The largest absolute Gasteiger partial charge is 0.508 e. The fourth-order valence-corrected chi connectivity index (χ4v) is 4.00. The predicted molar refractivity (Wildman–Crippen MR) is 112 cm³/mol. The van der Waals surface area contributed by atoms with E-state index in [2.05, 4.69) is 0 Å². The monoisotopic (exact) mass is 433 g/mol. The molecule has 1 amide bonds. The highest BCUT2D eigenvalue weighted by Crippen LogP contribution is 2.42. The minimum absolute atomic E-state index is 0.0228. The number of ketones is 1. The summed E-state index contributed by atoms with van der Waals surface area (Å²) < 4.78 is 16.5. The predicted octanol–water partition coefficient (Wildman–Crippen LogP) is 3.38. The van der Waals surface area contributed by atoms with E-state index in [1.807, 2.05) is 0 Å². The number of nitrogens with zero attached hydrogens (tertiary/aromatic N) is 1. The molecule has 0 saturated carbocycles. The van der Waals surface area contributed by atoms with Crippen LogP contribution in [0.4, 0.5) is 0 Å². The van der Waals surface area contributed by atoms with Gasteiger partial charge in [0.2, 0.25) is 0 Å². The van der Waals surface area contributed by atoms with Crippen molar-refractivity contribution < 1.29 is 33.7 Å². The van der Waals surface area contributed by atoms with Gasteiger partial charge in [-0.15, -0.1) is 0 Å². The molecule has 162 valence electrons. The van der Waals surface area contributed by atoms with Crippen molar-refractivity contribution in [3.8, 4) is 17.2 Å². The van der Waals surface area contributed by atoms with E-state index in [4.69, 9.17) is 13.9 Å². The summed E-state index contributed by atoms with van der Waals surface area (Å²) in [5.41, 5.74) is 0.717. The highest BCUT2D eigenvalue weighted by atomic mass is 16.6. The Morgan fingerprint density at radius 3 is 2.56 bits per heavy atom. The van der Waals surface area contributed by atoms with Crippen LogP contribution in [0.15, 0.2) is 70.9 Å². The molecule has 0 spiro atoms. The Labute approximate surface area is 182 Å². The van der Waals surface area contributed by atoms with Crippen LogP contribution < -0.4 is 9.47 Å². The van der Waals surface area contributed by atoms with Crippen LogP contribution >= 0.6 is 0 Å². The summed E-state index contributed by atoms with van der Waals surface area (Å²) >= 11 is 0. The van der Waals surface area contributed by atoms with E-state index in [1.165, 1.54) is 23.3 Å². The number of phenols is 1. The SMILES string of the molecule is O=C1C(=O)N(Cc2ccco2)C(c2cccc(O)c2)/C1=C(\O)c1ccc2c(c1)OCCO2. The molecule has 8 nitrogen and oxygen atoms in total. The number of aliphatic hydroxyl groups excluding tert-OH is 1. The highest BCUT2D eigenvalue weighted by Gasteiger charge is 2.46. The number of phenolic OH excluding ortho intramolecular Hbond substituents is 1. The van der Waals surface area contributed by atoms with Gasteiger partial charge in [-0.2, -0.15) is 0 Å². The maximum absolute atomic E-state index is 13.1. The molecule has 32 heavy (non-hydrogen) atoms. The van der Waals surface area contributed by atoms with Crippen LogP contribution in [0.5, 0.6) is 17.2 Å². The fourth-order valence-electron chi connectivity index (χ4n) is 4.00. The summed E-state index contributed by atoms with van der Waals surface area (Å²) in [6, 6.07) is 13.5. The average Bonchev–Trinajstić information content (AvgIpc) is 3.41. The van der Waals surface area contributed by atoms with Gasteiger partial charge in [-0.05, 0) is 48.0 Å². The number of ether oxygens (including phenoxy) is 2. The number of carbonyl (C=O) groups is 2. The van der Waals surface area contributed by atoms with Gasteiger partial charge in [0, 0.05) is 5.56 Å². The molecule has 1 atom stereocenters. The molecule has 1 unspecified atom stereocenters. The first-order chi connectivity index (χ1) is 15.5. The number of carbonyl (C=O) groups excluding carboxylic acids is 2. The zero-order chi connectivity index (χ0) is 22.2. The summed E-state index contributed by atoms with van der Waals surface area (Å²) in [5.74, 6) is -0.488. The Kier molecular flexibility index (Phi) is 4.82. The first-order valence-corrected chi connectivity index (χ1v) is 10.0. The van der Waals surface area contributed by atoms with Crippen LogP contribution in [0.25, 0.3) is 5.76 Å². The number of likely N-dealkylation sites (tertiary alicyclic amines) is 1. The third-order valence-electron chi connectivity index (χ3n) is 5.45. The minimum atomic E-state index is -0.916.